The standard InChI is InChI=1S/C11H24ClNO4/c1-13-3-5-15-7-9-17-11-10-16-8-6-14-4-2-12/h13H,2-11H2,1H3. The third-order valence-electron chi connectivity index (χ3n) is 1.83. The summed E-state index contributed by atoms with van der Waals surface area (Å²) in [5, 5.41) is 3.00. The second-order valence-corrected chi connectivity index (χ2v) is 3.62. The Morgan fingerprint density at radius 3 is 1.53 bits per heavy atom. The van der Waals surface area contributed by atoms with E-state index in [0.29, 0.717) is 58.7 Å². The molecule has 0 rings (SSSR count). The van der Waals surface area contributed by atoms with Gasteiger partial charge in [0.2, 0.25) is 0 Å². The first-order valence-corrected chi connectivity index (χ1v) is 6.46. The van der Waals surface area contributed by atoms with Crippen LogP contribution >= 0.6 is 11.6 Å². The molecule has 0 bridgehead atoms. The van der Waals surface area contributed by atoms with Crippen LogP contribution in [0.1, 0.15) is 0 Å². The molecule has 0 heterocycles. The molecule has 104 valence electrons. The Labute approximate surface area is 109 Å². The summed E-state index contributed by atoms with van der Waals surface area (Å²) >= 11 is 5.44. The Balaban J connectivity index is 2.85. The van der Waals surface area contributed by atoms with Crippen LogP contribution in [0.25, 0.3) is 0 Å². The zero-order chi connectivity index (χ0) is 12.6. The van der Waals surface area contributed by atoms with Gasteiger partial charge in [-0.05, 0) is 7.05 Å². The lowest BCUT2D eigenvalue weighted by molar-refractivity contribution is 0.000188. The van der Waals surface area contributed by atoms with Crippen molar-refractivity contribution in [3.63, 3.8) is 0 Å². The fourth-order valence-electron chi connectivity index (χ4n) is 0.991. The van der Waals surface area contributed by atoms with Crippen molar-refractivity contribution < 1.29 is 18.9 Å². The van der Waals surface area contributed by atoms with Crippen LogP contribution in [0.5, 0.6) is 0 Å². The molecule has 0 spiro atoms. The molecule has 17 heavy (non-hydrogen) atoms. The maximum absolute atomic E-state index is 5.44. The Bertz CT molecular complexity index is 127. The minimum atomic E-state index is 0.524. The van der Waals surface area contributed by atoms with Gasteiger partial charge in [-0.15, -0.1) is 11.6 Å². The summed E-state index contributed by atoms with van der Waals surface area (Å²) < 4.78 is 21.0. The summed E-state index contributed by atoms with van der Waals surface area (Å²) in [7, 11) is 1.90. The van der Waals surface area contributed by atoms with E-state index in [1.807, 2.05) is 7.05 Å². The molecule has 0 aliphatic carbocycles. The van der Waals surface area contributed by atoms with Crippen molar-refractivity contribution in [3.05, 3.63) is 0 Å². The smallest absolute Gasteiger partial charge is 0.0701 e. The fourth-order valence-corrected chi connectivity index (χ4v) is 1.10. The highest BCUT2D eigenvalue weighted by Crippen LogP contribution is 1.83. The van der Waals surface area contributed by atoms with Gasteiger partial charge in [-0.1, -0.05) is 0 Å². The quantitative estimate of drug-likeness (QED) is 0.368. The number of halogens is 1. The maximum Gasteiger partial charge on any atom is 0.0701 e. The number of hydrogen-bond donors (Lipinski definition) is 1. The van der Waals surface area contributed by atoms with Crippen molar-refractivity contribution in [2.24, 2.45) is 0 Å². The van der Waals surface area contributed by atoms with Crippen molar-refractivity contribution in [1.29, 1.82) is 0 Å². The van der Waals surface area contributed by atoms with Gasteiger partial charge < -0.3 is 24.3 Å². The molecule has 0 aliphatic heterocycles. The molecular weight excluding hydrogens is 246 g/mol. The van der Waals surface area contributed by atoms with Gasteiger partial charge in [0.05, 0.1) is 52.9 Å². The maximum atomic E-state index is 5.44. The molecule has 0 aromatic carbocycles. The molecular formula is C11H24ClNO4. The van der Waals surface area contributed by atoms with Crippen LogP contribution in [0.4, 0.5) is 0 Å². The highest BCUT2D eigenvalue weighted by Gasteiger charge is 1.92. The normalized spacial score (nSPS) is 10.9. The van der Waals surface area contributed by atoms with E-state index in [1.54, 1.807) is 0 Å². The van der Waals surface area contributed by atoms with Crippen molar-refractivity contribution in [2.45, 2.75) is 0 Å². The Morgan fingerprint density at radius 2 is 1.12 bits per heavy atom. The van der Waals surface area contributed by atoms with Crippen LogP contribution in [-0.4, -0.2) is 72.3 Å². The fraction of sp³-hybridized carbons (Fsp3) is 1.00. The van der Waals surface area contributed by atoms with E-state index >= 15 is 0 Å². The van der Waals surface area contributed by atoms with Gasteiger partial charge in [-0.2, -0.15) is 0 Å². The van der Waals surface area contributed by atoms with Gasteiger partial charge >= 0.3 is 0 Å². The van der Waals surface area contributed by atoms with Crippen LogP contribution < -0.4 is 5.32 Å². The lowest BCUT2D eigenvalue weighted by Gasteiger charge is -2.06. The molecule has 1 N–H and O–H groups in total. The molecule has 0 saturated heterocycles. The van der Waals surface area contributed by atoms with Crippen LogP contribution in [0.15, 0.2) is 0 Å². The van der Waals surface area contributed by atoms with Crippen molar-refractivity contribution in [3.8, 4) is 0 Å². The molecule has 6 heteroatoms. The molecule has 0 atom stereocenters. The van der Waals surface area contributed by atoms with E-state index in [1.165, 1.54) is 0 Å². The first-order valence-electron chi connectivity index (χ1n) is 5.93. The van der Waals surface area contributed by atoms with Gasteiger partial charge in [-0.3, -0.25) is 0 Å². The second kappa shape index (κ2) is 16.1. The topological polar surface area (TPSA) is 49.0 Å². The molecule has 0 saturated carbocycles. The number of alkyl halides is 1. The van der Waals surface area contributed by atoms with Gasteiger partial charge in [0.1, 0.15) is 0 Å². The zero-order valence-corrected chi connectivity index (χ0v) is 11.3. The van der Waals surface area contributed by atoms with Gasteiger partial charge in [0.25, 0.3) is 0 Å². The molecule has 0 radical (unpaired) electrons. The number of hydrogen-bond acceptors (Lipinski definition) is 5. The third-order valence-corrected chi connectivity index (χ3v) is 1.99. The minimum Gasteiger partial charge on any atom is -0.378 e. The first kappa shape index (κ1) is 17.1. The van der Waals surface area contributed by atoms with Crippen LogP contribution in [-0.2, 0) is 18.9 Å². The van der Waals surface area contributed by atoms with E-state index in [4.69, 9.17) is 30.5 Å². The Kier molecular flexibility index (Phi) is 16.2. The number of likely N-dealkylation sites (N-methyl/N-ethyl adjacent to an activating group) is 1. The van der Waals surface area contributed by atoms with E-state index in [9.17, 15) is 0 Å². The predicted octanol–water partition coefficient (Wildman–Crippen LogP) is 0.511. The van der Waals surface area contributed by atoms with Gasteiger partial charge in [0, 0.05) is 12.4 Å². The first-order chi connectivity index (χ1) is 8.41. The number of ether oxygens (including phenoxy) is 4. The lowest BCUT2D eigenvalue weighted by Crippen LogP contribution is -2.17. The Hall–Kier alpha value is 0.0900. The molecule has 5 nitrogen and oxygen atoms in total. The molecule has 0 amide bonds. The average molecular weight is 270 g/mol. The number of nitrogens with one attached hydrogen (secondary N) is 1. The van der Waals surface area contributed by atoms with E-state index in [0.717, 1.165) is 6.54 Å². The molecule has 0 aliphatic rings. The minimum absolute atomic E-state index is 0.524. The van der Waals surface area contributed by atoms with Crippen LogP contribution in [0, 0.1) is 0 Å². The van der Waals surface area contributed by atoms with Crippen LogP contribution in [0.3, 0.4) is 0 Å². The average Bonchev–Trinajstić information content (AvgIpc) is 2.35. The van der Waals surface area contributed by atoms with Crippen molar-refractivity contribution >= 4 is 11.6 Å². The Morgan fingerprint density at radius 1 is 0.706 bits per heavy atom. The predicted molar refractivity (Wildman–Crippen MR) is 67.9 cm³/mol. The molecule has 0 aromatic rings. The largest absolute Gasteiger partial charge is 0.378 e. The molecule has 0 aromatic heterocycles. The van der Waals surface area contributed by atoms with Gasteiger partial charge in [0.15, 0.2) is 0 Å². The van der Waals surface area contributed by atoms with E-state index in [-0.39, 0.29) is 0 Å². The van der Waals surface area contributed by atoms with E-state index in [2.05, 4.69) is 5.32 Å². The summed E-state index contributed by atoms with van der Waals surface area (Å²) in [4.78, 5) is 0. The molecule has 0 unspecified atom stereocenters. The second-order valence-electron chi connectivity index (χ2n) is 3.24. The van der Waals surface area contributed by atoms with Crippen molar-refractivity contribution in [2.75, 3.05) is 72.3 Å². The van der Waals surface area contributed by atoms with Crippen LogP contribution in [0.2, 0.25) is 0 Å². The number of rotatable bonds is 14. The third kappa shape index (κ3) is 16.1. The summed E-state index contributed by atoms with van der Waals surface area (Å²) in [6, 6.07) is 0. The zero-order valence-electron chi connectivity index (χ0n) is 10.6. The lowest BCUT2D eigenvalue weighted by atomic mass is 10.6. The highest BCUT2D eigenvalue weighted by molar-refractivity contribution is 6.17. The summed E-state index contributed by atoms with van der Waals surface area (Å²) in [6.07, 6.45) is 0. The SMILES string of the molecule is CNCCOCCOCCOCCOCCCl. The summed E-state index contributed by atoms with van der Waals surface area (Å²) in [5.74, 6) is 0.524. The monoisotopic (exact) mass is 269 g/mol. The molecule has 0 fully saturated rings. The van der Waals surface area contributed by atoms with E-state index < -0.39 is 0 Å². The summed E-state index contributed by atoms with van der Waals surface area (Å²) in [6.45, 7) is 5.73. The van der Waals surface area contributed by atoms with Gasteiger partial charge in [-0.25, -0.2) is 0 Å². The summed E-state index contributed by atoms with van der Waals surface area (Å²) in [5.41, 5.74) is 0. The van der Waals surface area contributed by atoms with Crippen molar-refractivity contribution in [1.82, 2.24) is 5.32 Å². The highest BCUT2D eigenvalue weighted by atomic mass is 35.5.